The number of hydrogen-bond donors (Lipinski definition) is 1. The monoisotopic (exact) mass is 434 g/mol. The number of methoxy groups -OCH3 is 1. The standard InChI is InChI=1S/C17H17Cl2FN2O4S/c1-26-17(23)12-2-4-13(21-9-12)10-22(27(24)25)16(6-7-18)11-3-5-15(20)14(19)8-11/h2-5,8-9,16,27H,6-7,10H2,1H3. The van der Waals surface area contributed by atoms with E-state index in [1.54, 1.807) is 0 Å². The molecule has 1 heterocycles. The number of carbonyl (C=O) groups excluding carboxylic acids is 1. The van der Waals surface area contributed by atoms with Gasteiger partial charge in [-0.15, -0.1) is 11.6 Å². The zero-order valence-corrected chi connectivity index (χ0v) is 16.7. The van der Waals surface area contributed by atoms with E-state index >= 15 is 0 Å². The molecule has 0 aliphatic rings. The highest BCUT2D eigenvalue weighted by Gasteiger charge is 2.24. The Morgan fingerprint density at radius 2 is 2.07 bits per heavy atom. The lowest BCUT2D eigenvalue weighted by Gasteiger charge is -2.26. The Balaban J connectivity index is 2.32. The number of rotatable bonds is 8. The van der Waals surface area contributed by atoms with Crippen LogP contribution in [0.3, 0.4) is 0 Å². The number of esters is 1. The molecule has 0 radical (unpaired) electrons. The molecular formula is C17H17Cl2FN2O4S. The number of aromatic nitrogens is 1. The van der Waals surface area contributed by atoms with Gasteiger partial charge in [-0.2, -0.15) is 4.31 Å². The van der Waals surface area contributed by atoms with Crippen molar-refractivity contribution in [1.82, 2.24) is 9.29 Å². The molecule has 0 spiro atoms. The molecule has 0 aliphatic carbocycles. The van der Waals surface area contributed by atoms with Gasteiger partial charge in [0.25, 0.3) is 0 Å². The summed E-state index contributed by atoms with van der Waals surface area (Å²) < 4.78 is 43.0. The van der Waals surface area contributed by atoms with Gasteiger partial charge < -0.3 is 4.74 Å². The molecule has 0 fully saturated rings. The van der Waals surface area contributed by atoms with Crippen molar-refractivity contribution >= 4 is 40.1 Å². The Morgan fingerprint density at radius 3 is 2.59 bits per heavy atom. The highest BCUT2D eigenvalue weighted by atomic mass is 35.5. The maximum absolute atomic E-state index is 13.4. The fourth-order valence-corrected chi connectivity index (χ4v) is 3.65. The first-order chi connectivity index (χ1) is 12.9. The zero-order valence-electron chi connectivity index (χ0n) is 14.3. The van der Waals surface area contributed by atoms with E-state index < -0.39 is 28.7 Å². The number of nitrogens with zero attached hydrogens (tertiary/aromatic N) is 2. The quantitative estimate of drug-likeness (QED) is 0.391. The second kappa shape index (κ2) is 9.98. The zero-order chi connectivity index (χ0) is 20.0. The van der Waals surface area contributed by atoms with Crippen LogP contribution in [0.25, 0.3) is 0 Å². The third-order valence-electron chi connectivity index (χ3n) is 3.85. The fourth-order valence-electron chi connectivity index (χ4n) is 2.52. The summed E-state index contributed by atoms with van der Waals surface area (Å²) in [5, 5.41) is -0.103. The summed E-state index contributed by atoms with van der Waals surface area (Å²) >= 11 is 11.7. The number of alkyl halides is 1. The Kier molecular flexibility index (Phi) is 7.97. The van der Waals surface area contributed by atoms with E-state index in [1.807, 2.05) is 0 Å². The molecule has 6 nitrogen and oxygen atoms in total. The number of hydrogen-bond acceptors (Lipinski definition) is 5. The molecule has 0 saturated carbocycles. The molecule has 2 rings (SSSR count). The molecule has 10 heteroatoms. The first kappa shape index (κ1) is 21.6. The Bertz CT molecular complexity index is 870. The Hall–Kier alpha value is -1.74. The largest absolute Gasteiger partial charge is 0.465 e. The third-order valence-corrected chi connectivity index (χ3v) is 5.20. The van der Waals surface area contributed by atoms with E-state index in [0.717, 1.165) is 0 Å². The molecule has 0 bridgehead atoms. The fraction of sp³-hybridized carbons (Fsp3) is 0.294. The van der Waals surface area contributed by atoms with Crippen LogP contribution in [-0.2, 0) is 22.2 Å². The van der Waals surface area contributed by atoms with Gasteiger partial charge >= 0.3 is 5.97 Å². The molecule has 0 amide bonds. The van der Waals surface area contributed by atoms with Gasteiger partial charge in [0.1, 0.15) is 5.82 Å². The lowest BCUT2D eigenvalue weighted by Crippen LogP contribution is -2.28. The first-order valence-electron chi connectivity index (χ1n) is 7.82. The van der Waals surface area contributed by atoms with Crippen molar-refractivity contribution in [3.63, 3.8) is 0 Å². The molecule has 146 valence electrons. The SMILES string of the molecule is COC(=O)c1ccc(CN(C(CCCl)c2ccc(F)c(Cl)c2)[SH](=O)=O)nc1. The lowest BCUT2D eigenvalue weighted by molar-refractivity contribution is 0.0600. The van der Waals surface area contributed by atoms with Crippen LogP contribution in [0, 0.1) is 5.82 Å². The molecule has 2 aromatic rings. The molecule has 0 saturated heterocycles. The summed E-state index contributed by atoms with van der Waals surface area (Å²) in [5.41, 5.74) is 1.20. The maximum atomic E-state index is 13.4. The van der Waals surface area contributed by atoms with Crippen molar-refractivity contribution in [2.45, 2.75) is 19.0 Å². The van der Waals surface area contributed by atoms with Crippen molar-refractivity contribution in [2.75, 3.05) is 13.0 Å². The third kappa shape index (κ3) is 5.62. The van der Waals surface area contributed by atoms with E-state index in [-0.39, 0.29) is 23.0 Å². The average Bonchev–Trinajstić information content (AvgIpc) is 2.66. The number of halogens is 3. The molecule has 1 atom stereocenters. The second-order valence-corrected chi connectivity index (χ2v) is 7.31. The molecule has 27 heavy (non-hydrogen) atoms. The Labute approximate surface area is 167 Å². The van der Waals surface area contributed by atoms with Gasteiger partial charge in [-0.25, -0.2) is 17.6 Å². The second-order valence-electron chi connectivity index (χ2n) is 5.53. The summed E-state index contributed by atoms with van der Waals surface area (Å²) in [5.74, 6) is -0.946. The predicted octanol–water partition coefficient (Wildman–Crippen LogP) is 3.36. The average molecular weight is 435 g/mol. The number of pyridine rings is 1. The molecule has 0 N–H and O–H groups in total. The lowest BCUT2D eigenvalue weighted by atomic mass is 10.0. The number of benzene rings is 1. The molecular weight excluding hydrogens is 418 g/mol. The number of ether oxygens (including phenoxy) is 1. The summed E-state index contributed by atoms with van der Waals surface area (Å²) in [6.45, 7) is -0.0449. The van der Waals surface area contributed by atoms with Gasteiger partial charge in [0, 0.05) is 12.1 Å². The van der Waals surface area contributed by atoms with E-state index in [4.69, 9.17) is 23.2 Å². The van der Waals surface area contributed by atoms with Crippen molar-refractivity contribution in [1.29, 1.82) is 0 Å². The van der Waals surface area contributed by atoms with E-state index in [9.17, 15) is 17.6 Å². The minimum atomic E-state index is -3.00. The molecule has 0 aliphatic heterocycles. The summed E-state index contributed by atoms with van der Waals surface area (Å²) in [6.07, 6.45) is 1.61. The normalized spacial score (nSPS) is 12.4. The van der Waals surface area contributed by atoms with Gasteiger partial charge in [0.05, 0.1) is 36.0 Å². The van der Waals surface area contributed by atoms with Crippen molar-refractivity contribution in [3.05, 3.63) is 64.2 Å². The van der Waals surface area contributed by atoms with Crippen molar-refractivity contribution < 1.29 is 22.3 Å². The van der Waals surface area contributed by atoms with E-state index in [0.29, 0.717) is 17.7 Å². The van der Waals surface area contributed by atoms with Crippen molar-refractivity contribution in [3.8, 4) is 0 Å². The van der Waals surface area contributed by atoms with Gasteiger partial charge in [0.2, 0.25) is 10.9 Å². The minimum absolute atomic E-state index is 0.0449. The van der Waals surface area contributed by atoms with Crippen LogP contribution in [0.15, 0.2) is 36.5 Å². The summed E-state index contributed by atoms with van der Waals surface area (Å²) in [6, 6.07) is 6.43. The van der Waals surface area contributed by atoms with E-state index in [2.05, 4.69) is 9.72 Å². The van der Waals surface area contributed by atoms with Crippen LogP contribution < -0.4 is 0 Å². The van der Waals surface area contributed by atoms with Crippen molar-refractivity contribution in [2.24, 2.45) is 0 Å². The number of thiol groups is 1. The van der Waals surface area contributed by atoms with E-state index in [1.165, 1.54) is 47.9 Å². The summed E-state index contributed by atoms with van der Waals surface area (Å²) in [7, 11) is -1.74. The maximum Gasteiger partial charge on any atom is 0.339 e. The molecule has 1 unspecified atom stereocenters. The van der Waals surface area contributed by atoms with Crippen LogP contribution >= 0.6 is 23.2 Å². The van der Waals surface area contributed by atoms with Crippen LogP contribution in [0.5, 0.6) is 0 Å². The molecule has 1 aromatic carbocycles. The molecule has 1 aromatic heterocycles. The van der Waals surface area contributed by atoms with Gasteiger partial charge in [-0.05, 0) is 36.2 Å². The first-order valence-corrected chi connectivity index (χ1v) is 9.86. The Morgan fingerprint density at radius 1 is 1.33 bits per heavy atom. The predicted molar refractivity (Wildman–Crippen MR) is 101 cm³/mol. The van der Waals surface area contributed by atoms with Gasteiger partial charge in [-0.3, -0.25) is 4.98 Å². The highest BCUT2D eigenvalue weighted by Crippen LogP contribution is 2.29. The topological polar surface area (TPSA) is 76.6 Å². The number of carbonyl (C=O) groups is 1. The highest BCUT2D eigenvalue weighted by molar-refractivity contribution is 7.69. The van der Waals surface area contributed by atoms with Crippen LogP contribution in [0.4, 0.5) is 4.39 Å². The smallest absolute Gasteiger partial charge is 0.339 e. The van der Waals surface area contributed by atoms with Crippen LogP contribution in [-0.4, -0.2) is 36.7 Å². The minimum Gasteiger partial charge on any atom is -0.465 e. The van der Waals surface area contributed by atoms with Gasteiger partial charge in [-0.1, -0.05) is 17.7 Å². The summed E-state index contributed by atoms with van der Waals surface area (Å²) in [4.78, 5) is 15.6. The van der Waals surface area contributed by atoms with Crippen LogP contribution in [0.2, 0.25) is 5.02 Å². The van der Waals surface area contributed by atoms with Gasteiger partial charge in [0.15, 0.2) is 0 Å². The van der Waals surface area contributed by atoms with Crippen LogP contribution in [0.1, 0.15) is 34.1 Å².